The van der Waals surface area contributed by atoms with Crippen molar-refractivity contribution in [3.8, 4) is 0 Å². The summed E-state index contributed by atoms with van der Waals surface area (Å²) in [6, 6.07) is 0. The quantitative estimate of drug-likeness (QED) is 0.616. The van der Waals surface area contributed by atoms with Gasteiger partial charge in [-0.05, 0) is 0 Å². The van der Waals surface area contributed by atoms with E-state index in [4.69, 9.17) is 5.11 Å². The minimum Gasteiger partial charge on any atom is -0.481 e. The van der Waals surface area contributed by atoms with Crippen molar-refractivity contribution in [1.82, 2.24) is 10.2 Å². The van der Waals surface area contributed by atoms with Crippen molar-refractivity contribution < 1.29 is 19.5 Å². The van der Waals surface area contributed by atoms with Crippen LogP contribution in [0.5, 0.6) is 0 Å². The lowest BCUT2D eigenvalue weighted by molar-refractivity contribution is -0.134. The minimum absolute atomic E-state index is 0.0109. The number of aliphatic carboxylic acids is 1. The third-order valence-electron chi connectivity index (χ3n) is 1.54. The normalized spacial score (nSPS) is 9.47. The molecule has 0 spiro atoms. The van der Waals surface area contributed by atoms with Crippen molar-refractivity contribution in [2.75, 3.05) is 32.1 Å². The number of nitrogens with zero attached hydrogens (tertiary/aromatic N) is 1. The zero-order valence-electron chi connectivity index (χ0n) is 8.65. The summed E-state index contributed by atoms with van der Waals surface area (Å²) < 4.78 is 0. The Morgan fingerprint density at radius 1 is 1.33 bits per heavy atom. The predicted molar refractivity (Wildman–Crippen MR) is 56.7 cm³/mol. The molecule has 2 amide bonds. The second-order valence-corrected chi connectivity index (χ2v) is 3.80. The van der Waals surface area contributed by atoms with Crippen LogP contribution in [-0.2, 0) is 14.4 Å². The maximum absolute atomic E-state index is 11.3. The molecule has 0 aliphatic rings. The van der Waals surface area contributed by atoms with Crippen molar-refractivity contribution in [3.05, 3.63) is 0 Å². The Balaban J connectivity index is 3.79. The Hall–Kier alpha value is -1.24. The monoisotopic (exact) mass is 234 g/mol. The maximum Gasteiger partial charge on any atom is 0.313 e. The number of hydrogen-bond donors (Lipinski definition) is 2. The number of nitrogens with one attached hydrogen (secondary N) is 1. The Morgan fingerprint density at radius 3 is 2.40 bits per heavy atom. The summed E-state index contributed by atoms with van der Waals surface area (Å²) in [6.45, 7) is -0.0109. The van der Waals surface area contributed by atoms with E-state index in [-0.39, 0.29) is 29.9 Å². The number of rotatable bonds is 6. The molecule has 7 heteroatoms. The Bertz CT molecular complexity index is 257. The molecule has 0 aromatic carbocycles. The van der Waals surface area contributed by atoms with Gasteiger partial charge < -0.3 is 15.3 Å². The molecule has 0 heterocycles. The molecule has 0 rings (SSSR count). The van der Waals surface area contributed by atoms with Gasteiger partial charge in [-0.3, -0.25) is 14.4 Å². The molecule has 0 fully saturated rings. The molecule has 0 bridgehead atoms. The molecule has 0 saturated carbocycles. The fourth-order valence-corrected chi connectivity index (χ4v) is 1.39. The van der Waals surface area contributed by atoms with Crippen LogP contribution in [0.15, 0.2) is 0 Å². The van der Waals surface area contributed by atoms with Gasteiger partial charge in [-0.25, -0.2) is 0 Å². The largest absolute Gasteiger partial charge is 0.481 e. The first-order valence-corrected chi connectivity index (χ1v) is 5.37. The number of carboxylic acids is 1. The van der Waals surface area contributed by atoms with Crippen LogP contribution in [-0.4, -0.2) is 59.9 Å². The van der Waals surface area contributed by atoms with Gasteiger partial charge in [0.25, 0.3) is 0 Å². The fourth-order valence-electron chi connectivity index (χ4n) is 0.718. The lowest BCUT2D eigenvalue weighted by Gasteiger charge is -2.15. The van der Waals surface area contributed by atoms with Gasteiger partial charge in [0.1, 0.15) is 0 Å². The van der Waals surface area contributed by atoms with Gasteiger partial charge in [-0.15, -0.1) is 11.8 Å². The van der Waals surface area contributed by atoms with Crippen molar-refractivity contribution in [1.29, 1.82) is 0 Å². The van der Waals surface area contributed by atoms with E-state index < -0.39 is 5.97 Å². The van der Waals surface area contributed by atoms with Crippen LogP contribution in [0.2, 0.25) is 0 Å². The number of carboxylic acid groups (broad SMARTS) is 1. The topological polar surface area (TPSA) is 86.7 Å². The van der Waals surface area contributed by atoms with E-state index in [9.17, 15) is 14.4 Å². The highest BCUT2D eigenvalue weighted by atomic mass is 32.2. The van der Waals surface area contributed by atoms with Crippen LogP contribution >= 0.6 is 11.8 Å². The van der Waals surface area contributed by atoms with Crippen LogP contribution < -0.4 is 5.32 Å². The van der Waals surface area contributed by atoms with Crippen molar-refractivity contribution >= 4 is 29.5 Å². The molecular formula is C8H14N2O4S. The maximum atomic E-state index is 11.3. The second-order valence-electron chi connectivity index (χ2n) is 2.81. The van der Waals surface area contributed by atoms with Gasteiger partial charge in [0.05, 0.1) is 18.1 Å². The van der Waals surface area contributed by atoms with Crippen molar-refractivity contribution in [2.24, 2.45) is 0 Å². The summed E-state index contributed by atoms with van der Waals surface area (Å²) in [4.78, 5) is 33.6. The fraction of sp³-hybridized carbons (Fsp3) is 0.625. The van der Waals surface area contributed by atoms with Gasteiger partial charge in [0, 0.05) is 14.1 Å². The molecule has 0 unspecified atom stereocenters. The zero-order chi connectivity index (χ0) is 11.8. The summed E-state index contributed by atoms with van der Waals surface area (Å²) in [6.07, 6.45) is 0. The first-order valence-electron chi connectivity index (χ1n) is 4.21. The molecule has 0 radical (unpaired) electrons. The van der Waals surface area contributed by atoms with Gasteiger partial charge in [0.15, 0.2) is 0 Å². The molecule has 86 valence electrons. The summed E-state index contributed by atoms with van der Waals surface area (Å²) in [7, 11) is 2.98. The molecule has 0 aromatic rings. The van der Waals surface area contributed by atoms with Gasteiger partial charge in [-0.2, -0.15) is 0 Å². The molecule has 0 aliphatic heterocycles. The van der Waals surface area contributed by atoms with Crippen LogP contribution in [0.25, 0.3) is 0 Å². The summed E-state index contributed by atoms with van der Waals surface area (Å²) in [5.74, 6) is -1.51. The summed E-state index contributed by atoms with van der Waals surface area (Å²) in [5, 5.41) is 10.7. The molecule has 15 heavy (non-hydrogen) atoms. The van der Waals surface area contributed by atoms with Crippen LogP contribution in [0, 0.1) is 0 Å². The third kappa shape index (κ3) is 6.78. The summed E-state index contributed by atoms with van der Waals surface area (Å²) >= 11 is 1.01. The first kappa shape index (κ1) is 13.8. The van der Waals surface area contributed by atoms with E-state index in [1.165, 1.54) is 19.0 Å². The minimum atomic E-state index is -0.957. The van der Waals surface area contributed by atoms with E-state index in [1.54, 1.807) is 0 Å². The van der Waals surface area contributed by atoms with Crippen LogP contribution in [0.3, 0.4) is 0 Å². The number of amides is 2. The molecule has 0 atom stereocenters. The standard InChI is InChI=1S/C8H14N2O4S/c1-9-6(11)3-10(2)7(12)4-15-5-8(13)14/h3-5H2,1-2H3,(H,9,11)(H,13,14). The Morgan fingerprint density at radius 2 is 1.93 bits per heavy atom. The Labute approximate surface area is 92.0 Å². The van der Waals surface area contributed by atoms with E-state index in [1.807, 2.05) is 0 Å². The van der Waals surface area contributed by atoms with Gasteiger partial charge in [0.2, 0.25) is 11.8 Å². The number of hydrogen-bond acceptors (Lipinski definition) is 4. The van der Waals surface area contributed by atoms with E-state index >= 15 is 0 Å². The average molecular weight is 234 g/mol. The number of carbonyl (C=O) groups is 3. The number of carbonyl (C=O) groups excluding carboxylic acids is 2. The van der Waals surface area contributed by atoms with Gasteiger partial charge >= 0.3 is 5.97 Å². The lowest BCUT2D eigenvalue weighted by Crippen LogP contribution is -2.37. The molecule has 0 aromatic heterocycles. The molecule has 0 aliphatic carbocycles. The van der Waals surface area contributed by atoms with Crippen molar-refractivity contribution in [2.45, 2.75) is 0 Å². The molecule has 0 saturated heterocycles. The average Bonchev–Trinajstić information content (AvgIpc) is 2.16. The van der Waals surface area contributed by atoms with E-state index in [0.29, 0.717) is 0 Å². The van der Waals surface area contributed by atoms with Crippen LogP contribution in [0.4, 0.5) is 0 Å². The lowest BCUT2D eigenvalue weighted by atomic mass is 10.5. The second kappa shape index (κ2) is 7.10. The predicted octanol–water partition coefficient (Wildman–Crippen LogP) is -0.991. The van der Waals surface area contributed by atoms with Crippen molar-refractivity contribution in [3.63, 3.8) is 0 Å². The molecular weight excluding hydrogens is 220 g/mol. The first-order chi connectivity index (χ1) is 6.97. The third-order valence-corrected chi connectivity index (χ3v) is 2.44. The highest BCUT2D eigenvalue weighted by Crippen LogP contribution is 2.01. The Kier molecular flexibility index (Phi) is 6.52. The SMILES string of the molecule is CNC(=O)CN(C)C(=O)CSCC(=O)O. The highest BCUT2D eigenvalue weighted by Gasteiger charge is 2.12. The van der Waals surface area contributed by atoms with Gasteiger partial charge in [-0.1, -0.05) is 0 Å². The molecule has 2 N–H and O–H groups in total. The van der Waals surface area contributed by atoms with Crippen LogP contribution in [0.1, 0.15) is 0 Å². The molecule has 6 nitrogen and oxygen atoms in total. The number of likely N-dealkylation sites (N-methyl/N-ethyl adjacent to an activating group) is 2. The zero-order valence-corrected chi connectivity index (χ0v) is 9.47. The van der Waals surface area contributed by atoms with E-state index in [2.05, 4.69) is 5.32 Å². The smallest absolute Gasteiger partial charge is 0.313 e. The van der Waals surface area contributed by atoms with E-state index in [0.717, 1.165) is 11.8 Å². The highest BCUT2D eigenvalue weighted by molar-refractivity contribution is 8.00. The summed E-state index contributed by atoms with van der Waals surface area (Å²) in [5.41, 5.74) is 0. The number of thioether (sulfide) groups is 1.